The number of amides is 1. The van der Waals surface area contributed by atoms with Crippen molar-refractivity contribution in [1.29, 1.82) is 0 Å². The molecule has 0 aliphatic carbocycles. The second-order valence-corrected chi connectivity index (χ2v) is 7.31. The minimum absolute atomic E-state index is 0.0224. The van der Waals surface area contributed by atoms with Crippen molar-refractivity contribution >= 4 is 16.8 Å². The SMILES string of the molecule is Cc1cc2cc(CNC(=O)C3CCCN3Cc3ccccc3F)ccc2[nH]1. The van der Waals surface area contributed by atoms with Crippen LogP contribution in [0.2, 0.25) is 0 Å². The Morgan fingerprint density at radius 2 is 2.11 bits per heavy atom. The number of carbonyl (C=O) groups excluding carboxylic acids is 1. The molecule has 1 fully saturated rings. The Hall–Kier alpha value is -2.66. The summed E-state index contributed by atoms with van der Waals surface area (Å²) in [6, 6.07) is 14.9. The van der Waals surface area contributed by atoms with Crippen LogP contribution in [0, 0.1) is 12.7 Å². The van der Waals surface area contributed by atoms with E-state index in [1.165, 1.54) is 6.07 Å². The Morgan fingerprint density at radius 3 is 2.96 bits per heavy atom. The Bertz CT molecular complexity index is 965. The zero-order chi connectivity index (χ0) is 18.8. The normalized spacial score (nSPS) is 17.5. The second-order valence-electron chi connectivity index (χ2n) is 7.31. The van der Waals surface area contributed by atoms with Crippen LogP contribution in [-0.4, -0.2) is 28.4 Å². The van der Waals surface area contributed by atoms with Crippen LogP contribution >= 0.6 is 0 Å². The molecule has 0 saturated carbocycles. The quantitative estimate of drug-likeness (QED) is 0.720. The zero-order valence-electron chi connectivity index (χ0n) is 15.5. The molecule has 0 bridgehead atoms. The van der Waals surface area contributed by atoms with Gasteiger partial charge in [-0.15, -0.1) is 0 Å². The van der Waals surface area contributed by atoms with Crippen LogP contribution in [0.5, 0.6) is 0 Å². The average molecular weight is 365 g/mol. The first-order valence-corrected chi connectivity index (χ1v) is 9.43. The maximum Gasteiger partial charge on any atom is 0.237 e. The van der Waals surface area contributed by atoms with Crippen molar-refractivity contribution in [3.05, 3.63) is 71.2 Å². The highest BCUT2D eigenvalue weighted by molar-refractivity contribution is 5.83. The summed E-state index contributed by atoms with van der Waals surface area (Å²) in [6.45, 7) is 3.83. The summed E-state index contributed by atoms with van der Waals surface area (Å²) in [6.07, 6.45) is 1.78. The third-order valence-electron chi connectivity index (χ3n) is 5.28. The minimum atomic E-state index is -0.210. The van der Waals surface area contributed by atoms with Crippen LogP contribution in [0.3, 0.4) is 0 Å². The number of nitrogens with zero attached hydrogens (tertiary/aromatic N) is 1. The van der Waals surface area contributed by atoms with Crippen LogP contribution in [0.1, 0.15) is 29.7 Å². The first-order valence-electron chi connectivity index (χ1n) is 9.43. The largest absolute Gasteiger partial charge is 0.359 e. The summed E-state index contributed by atoms with van der Waals surface area (Å²) in [7, 11) is 0. The molecule has 1 atom stereocenters. The molecule has 5 heteroatoms. The van der Waals surface area contributed by atoms with Crippen LogP contribution in [0.15, 0.2) is 48.5 Å². The van der Waals surface area contributed by atoms with Gasteiger partial charge in [0.05, 0.1) is 6.04 Å². The van der Waals surface area contributed by atoms with Crippen LogP contribution in [0.4, 0.5) is 4.39 Å². The second kappa shape index (κ2) is 7.53. The smallest absolute Gasteiger partial charge is 0.237 e. The Labute approximate surface area is 158 Å². The molecule has 27 heavy (non-hydrogen) atoms. The van der Waals surface area contributed by atoms with E-state index in [0.29, 0.717) is 18.7 Å². The molecule has 140 valence electrons. The molecule has 0 spiro atoms. The van der Waals surface area contributed by atoms with E-state index < -0.39 is 0 Å². The first-order chi connectivity index (χ1) is 13.1. The maximum absolute atomic E-state index is 13.9. The third kappa shape index (κ3) is 3.88. The number of halogens is 1. The van der Waals surface area contributed by atoms with E-state index in [1.807, 2.05) is 25.1 Å². The highest BCUT2D eigenvalue weighted by Gasteiger charge is 2.30. The molecule has 2 N–H and O–H groups in total. The lowest BCUT2D eigenvalue weighted by Gasteiger charge is -2.24. The van der Waals surface area contributed by atoms with E-state index in [1.54, 1.807) is 12.1 Å². The fourth-order valence-corrected chi connectivity index (χ4v) is 3.90. The Morgan fingerprint density at radius 1 is 1.26 bits per heavy atom. The lowest BCUT2D eigenvalue weighted by atomic mass is 10.1. The molecule has 1 aromatic heterocycles. The number of aromatic nitrogens is 1. The number of hydrogen-bond donors (Lipinski definition) is 2. The molecule has 1 aliphatic heterocycles. The van der Waals surface area contributed by atoms with Gasteiger partial charge < -0.3 is 10.3 Å². The summed E-state index contributed by atoms with van der Waals surface area (Å²) in [5.41, 5.74) is 3.95. The third-order valence-corrected chi connectivity index (χ3v) is 5.28. The van der Waals surface area contributed by atoms with E-state index in [-0.39, 0.29) is 17.8 Å². The average Bonchev–Trinajstić information content (AvgIpc) is 3.26. The van der Waals surface area contributed by atoms with Crippen molar-refractivity contribution in [1.82, 2.24) is 15.2 Å². The predicted molar refractivity (Wildman–Crippen MR) is 105 cm³/mol. The van der Waals surface area contributed by atoms with E-state index in [9.17, 15) is 9.18 Å². The van der Waals surface area contributed by atoms with E-state index in [4.69, 9.17) is 0 Å². The fraction of sp³-hybridized carbons (Fsp3) is 0.318. The lowest BCUT2D eigenvalue weighted by molar-refractivity contribution is -0.125. The molecule has 2 aromatic carbocycles. The molecule has 4 nitrogen and oxygen atoms in total. The van der Waals surface area contributed by atoms with E-state index >= 15 is 0 Å². The standard InChI is InChI=1S/C22H24FN3O/c1-15-11-18-12-16(8-9-20(18)25-15)13-24-22(27)21-7-4-10-26(21)14-17-5-2-3-6-19(17)23/h2-3,5-6,8-9,11-12,21,25H,4,7,10,13-14H2,1H3,(H,24,27). The number of rotatable bonds is 5. The van der Waals surface area contributed by atoms with Crippen molar-refractivity contribution in [3.8, 4) is 0 Å². The van der Waals surface area contributed by atoms with Gasteiger partial charge in [0, 0.05) is 29.9 Å². The first kappa shape index (κ1) is 17.7. The van der Waals surface area contributed by atoms with Crippen LogP contribution < -0.4 is 5.32 Å². The van der Waals surface area contributed by atoms with Crippen molar-refractivity contribution in [3.63, 3.8) is 0 Å². The summed E-state index contributed by atoms with van der Waals surface area (Å²) < 4.78 is 13.9. The van der Waals surface area contributed by atoms with Gasteiger partial charge >= 0.3 is 0 Å². The van der Waals surface area contributed by atoms with Gasteiger partial charge in [-0.3, -0.25) is 9.69 Å². The molecular formula is C22H24FN3O. The number of benzene rings is 2. The number of aromatic amines is 1. The number of likely N-dealkylation sites (tertiary alicyclic amines) is 1. The topological polar surface area (TPSA) is 48.1 Å². The van der Waals surface area contributed by atoms with Crippen molar-refractivity contribution < 1.29 is 9.18 Å². The minimum Gasteiger partial charge on any atom is -0.359 e. The highest BCUT2D eigenvalue weighted by Crippen LogP contribution is 2.22. The van der Waals surface area contributed by atoms with Crippen LogP contribution in [0.25, 0.3) is 10.9 Å². The number of H-pyrrole nitrogens is 1. The number of nitrogens with one attached hydrogen (secondary N) is 2. The maximum atomic E-state index is 13.9. The lowest BCUT2D eigenvalue weighted by Crippen LogP contribution is -2.42. The molecular weight excluding hydrogens is 341 g/mol. The van der Waals surface area contributed by atoms with Gasteiger partial charge in [-0.2, -0.15) is 0 Å². The zero-order valence-corrected chi connectivity index (χ0v) is 15.5. The summed E-state index contributed by atoms with van der Waals surface area (Å²) in [5.74, 6) is -0.187. The van der Waals surface area contributed by atoms with Gasteiger partial charge in [-0.1, -0.05) is 24.3 Å². The van der Waals surface area contributed by atoms with Gasteiger partial charge in [0.25, 0.3) is 0 Å². The van der Waals surface area contributed by atoms with E-state index in [2.05, 4.69) is 27.3 Å². The number of fused-ring (bicyclic) bond motifs is 1. The number of aryl methyl sites for hydroxylation is 1. The Balaban J connectivity index is 1.39. The summed E-state index contributed by atoms with van der Waals surface area (Å²) >= 11 is 0. The van der Waals surface area contributed by atoms with E-state index in [0.717, 1.165) is 41.5 Å². The summed E-state index contributed by atoms with van der Waals surface area (Å²) in [5, 5.41) is 4.21. The fourth-order valence-electron chi connectivity index (χ4n) is 3.90. The molecule has 3 aromatic rings. The van der Waals surface area contributed by atoms with Crippen molar-refractivity contribution in [2.24, 2.45) is 0 Å². The Kier molecular flexibility index (Phi) is 4.94. The highest BCUT2D eigenvalue weighted by atomic mass is 19.1. The monoisotopic (exact) mass is 365 g/mol. The van der Waals surface area contributed by atoms with Gasteiger partial charge in [0.2, 0.25) is 5.91 Å². The molecule has 2 heterocycles. The predicted octanol–water partition coefficient (Wildman–Crippen LogP) is 3.90. The van der Waals surface area contributed by atoms with Gasteiger partial charge in [0.1, 0.15) is 5.82 Å². The summed E-state index contributed by atoms with van der Waals surface area (Å²) in [4.78, 5) is 18.1. The molecule has 0 radical (unpaired) electrons. The van der Waals surface area contributed by atoms with Crippen LogP contribution in [-0.2, 0) is 17.9 Å². The van der Waals surface area contributed by atoms with Gasteiger partial charge in [0.15, 0.2) is 0 Å². The molecule has 1 unspecified atom stereocenters. The van der Waals surface area contributed by atoms with Gasteiger partial charge in [-0.25, -0.2) is 4.39 Å². The molecule has 1 aliphatic rings. The number of carbonyl (C=O) groups is 1. The number of hydrogen-bond acceptors (Lipinski definition) is 2. The molecule has 1 saturated heterocycles. The van der Waals surface area contributed by atoms with Crippen molar-refractivity contribution in [2.75, 3.05) is 6.54 Å². The van der Waals surface area contributed by atoms with Gasteiger partial charge in [-0.05, 0) is 61.5 Å². The molecule has 1 amide bonds. The molecule has 4 rings (SSSR count). The van der Waals surface area contributed by atoms with Crippen molar-refractivity contribution in [2.45, 2.75) is 38.9 Å².